The van der Waals surface area contributed by atoms with Gasteiger partial charge in [0, 0.05) is 11.3 Å². The molecule has 0 atom stereocenters. The van der Waals surface area contributed by atoms with Crippen LogP contribution < -0.4 is 15.2 Å². The van der Waals surface area contributed by atoms with Crippen molar-refractivity contribution in [2.75, 3.05) is 26.1 Å². The van der Waals surface area contributed by atoms with Crippen LogP contribution in [0.3, 0.4) is 0 Å². The number of nitrogens with two attached hydrogens (primary N) is 1. The number of anilines is 1. The summed E-state index contributed by atoms with van der Waals surface area (Å²) in [7, 11) is 1.61. The van der Waals surface area contributed by atoms with Crippen molar-refractivity contribution in [1.29, 1.82) is 10.5 Å². The number of hydrogen-bond donors (Lipinski definition) is 2. The highest BCUT2D eigenvalue weighted by atomic mass is 32.2. The maximum atomic E-state index is 9.89. The molecule has 0 bridgehead atoms. The van der Waals surface area contributed by atoms with Crippen molar-refractivity contribution in [2.45, 2.75) is 24.6 Å². The van der Waals surface area contributed by atoms with Crippen LogP contribution in [0.5, 0.6) is 11.5 Å². The Hall–Kier alpha value is -3.72. The predicted molar refractivity (Wildman–Crippen MR) is 130 cm³/mol. The summed E-state index contributed by atoms with van der Waals surface area (Å²) >= 11 is 1.38. The highest BCUT2D eigenvalue weighted by Crippen LogP contribution is 2.37. The lowest BCUT2D eigenvalue weighted by Crippen LogP contribution is -2.04. The molecule has 3 aromatic rings. The summed E-state index contributed by atoms with van der Waals surface area (Å²) < 4.78 is 10.6. The fraction of sp³-hybridized carbons (Fsp3) is 0.240. The molecule has 0 saturated carbocycles. The van der Waals surface area contributed by atoms with Gasteiger partial charge in [-0.15, -0.1) is 11.8 Å². The van der Waals surface area contributed by atoms with Gasteiger partial charge in [0.1, 0.15) is 46.7 Å². The van der Waals surface area contributed by atoms with Crippen molar-refractivity contribution in [2.24, 2.45) is 0 Å². The van der Waals surface area contributed by atoms with Crippen molar-refractivity contribution >= 4 is 17.6 Å². The Kier molecular flexibility index (Phi) is 10.0. The first kappa shape index (κ1) is 25.5. The van der Waals surface area contributed by atoms with Crippen LogP contribution in [0.1, 0.15) is 30.5 Å². The van der Waals surface area contributed by atoms with Gasteiger partial charge in [0.05, 0.1) is 19.3 Å². The third-order valence-corrected chi connectivity index (χ3v) is 5.50. The second kappa shape index (κ2) is 13.0. The predicted octanol–water partition coefficient (Wildman–Crippen LogP) is 4.77. The molecule has 3 N–H and O–H groups in total. The highest BCUT2D eigenvalue weighted by Gasteiger charge is 2.20. The molecular weight excluding hydrogens is 436 g/mol. The van der Waals surface area contributed by atoms with Gasteiger partial charge in [-0.2, -0.15) is 10.5 Å². The summed E-state index contributed by atoms with van der Waals surface area (Å²) in [4.78, 5) is 4.33. The van der Waals surface area contributed by atoms with Crippen LogP contribution in [0.2, 0.25) is 0 Å². The van der Waals surface area contributed by atoms with Crippen molar-refractivity contribution in [3.8, 4) is 34.8 Å². The topological polar surface area (TPSA) is 125 Å². The fourth-order valence-electron chi connectivity index (χ4n) is 2.95. The summed E-state index contributed by atoms with van der Waals surface area (Å²) in [6.45, 7) is 4.09. The fourth-order valence-corrected chi connectivity index (χ4v) is 3.90. The quantitative estimate of drug-likeness (QED) is 0.459. The molecule has 1 aromatic heterocycles. The normalized spacial score (nSPS) is 9.76. The molecule has 0 amide bonds. The van der Waals surface area contributed by atoms with E-state index >= 15 is 0 Å². The van der Waals surface area contributed by atoms with Gasteiger partial charge in [0.15, 0.2) is 0 Å². The van der Waals surface area contributed by atoms with E-state index < -0.39 is 0 Å². The molecule has 0 saturated heterocycles. The van der Waals surface area contributed by atoms with Crippen molar-refractivity contribution in [3.63, 3.8) is 0 Å². The largest absolute Gasteiger partial charge is 0.497 e. The number of pyridine rings is 1. The van der Waals surface area contributed by atoms with Crippen LogP contribution in [0.15, 0.2) is 53.6 Å². The first-order valence-corrected chi connectivity index (χ1v) is 11.3. The number of nitrogen functional groups attached to an aromatic ring is 1. The molecule has 8 heteroatoms. The van der Waals surface area contributed by atoms with Crippen LogP contribution in [0.25, 0.3) is 11.1 Å². The van der Waals surface area contributed by atoms with Crippen LogP contribution in [-0.2, 0) is 5.75 Å². The Labute approximate surface area is 198 Å². The van der Waals surface area contributed by atoms with Gasteiger partial charge in [0.25, 0.3) is 0 Å². The van der Waals surface area contributed by atoms with Crippen LogP contribution in [0.4, 0.5) is 5.82 Å². The number of methoxy groups -OCH3 is 1. The average molecular weight is 463 g/mol. The molecule has 3 rings (SSSR count). The first-order chi connectivity index (χ1) is 16.1. The Morgan fingerprint density at radius 3 is 2.12 bits per heavy atom. The van der Waals surface area contributed by atoms with E-state index in [-0.39, 0.29) is 24.6 Å². The summed E-state index contributed by atoms with van der Waals surface area (Å²) in [5.41, 5.74) is 8.67. The van der Waals surface area contributed by atoms with E-state index in [1.807, 2.05) is 38.1 Å². The Morgan fingerprint density at radius 2 is 1.58 bits per heavy atom. The maximum Gasteiger partial charge on any atom is 0.143 e. The third kappa shape index (κ3) is 6.39. The van der Waals surface area contributed by atoms with Crippen LogP contribution in [0, 0.1) is 22.7 Å². The first-order valence-electron chi connectivity index (χ1n) is 10.3. The average Bonchev–Trinajstić information content (AvgIpc) is 2.87. The molecule has 33 heavy (non-hydrogen) atoms. The van der Waals surface area contributed by atoms with E-state index in [0.717, 1.165) is 11.3 Å². The molecule has 2 aromatic carbocycles. The molecular formula is C25H26N4O3S. The number of nitriles is 2. The molecule has 7 nitrogen and oxygen atoms in total. The van der Waals surface area contributed by atoms with Gasteiger partial charge in [-0.05, 0) is 35.4 Å². The Bertz CT molecular complexity index is 1130. The number of aromatic nitrogens is 1. The lowest BCUT2D eigenvalue weighted by Gasteiger charge is -2.13. The molecule has 0 spiro atoms. The second-order valence-electron chi connectivity index (χ2n) is 6.38. The van der Waals surface area contributed by atoms with E-state index in [1.54, 1.807) is 31.4 Å². The number of hydrogen-bond acceptors (Lipinski definition) is 8. The standard InChI is InChI=1S/C23H20N4O3S.C2H6/c1-29-17-6-2-15(3-7-17)14-31-23-20(13-25)21(19(12-24)22(26)27-23)16-4-8-18(9-5-16)30-11-10-28;1-2/h2-9,28H,10-11,14H2,1H3,(H2,26,27);1-2H3. The smallest absolute Gasteiger partial charge is 0.143 e. The van der Waals surface area contributed by atoms with Crippen molar-refractivity contribution in [1.82, 2.24) is 4.98 Å². The van der Waals surface area contributed by atoms with Gasteiger partial charge in [-0.1, -0.05) is 38.1 Å². The van der Waals surface area contributed by atoms with Crippen molar-refractivity contribution < 1.29 is 14.6 Å². The number of ether oxygens (including phenoxy) is 2. The monoisotopic (exact) mass is 462 g/mol. The van der Waals surface area contributed by atoms with Gasteiger partial charge >= 0.3 is 0 Å². The van der Waals surface area contributed by atoms with E-state index in [4.69, 9.17) is 20.3 Å². The minimum absolute atomic E-state index is 0.0781. The molecule has 0 radical (unpaired) electrons. The van der Waals surface area contributed by atoms with E-state index in [0.29, 0.717) is 33.2 Å². The van der Waals surface area contributed by atoms with E-state index in [2.05, 4.69) is 17.1 Å². The van der Waals surface area contributed by atoms with Crippen LogP contribution >= 0.6 is 11.8 Å². The molecule has 1 heterocycles. The van der Waals surface area contributed by atoms with Crippen LogP contribution in [-0.4, -0.2) is 30.4 Å². The van der Waals surface area contributed by atoms with Gasteiger partial charge in [0.2, 0.25) is 0 Å². The molecule has 0 aliphatic rings. The zero-order chi connectivity index (χ0) is 24.2. The molecule has 170 valence electrons. The number of rotatable bonds is 8. The summed E-state index contributed by atoms with van der Waals surface area (Å²) in [6.07, 6.45) is 0. The number of aliphatic hydroxyl groups excluding tert-OH is 1. The van der Waals surface area contributed by atoms with Gasteiger partial charge in [-0.3, -0.25) is 0 Å². The Morgan fingerprint density at radius 1 is 0.970 bits per heavy atom. The summed E-state index contributed by atoms with van der Waals surface area (Å²) in [5.74, 6) is 1.99. The lowest BCUT2D eigenvalue weighted by molar-refractivity contribution is 0.201. The number of nitrogens with zero attached hydrogens (tertiary/aromatic N) is 3. The second-order valence-corrected chi connectivity index (χ2v) is 7.35. The lowest BCUT2D eigenvalue weighted by atomic mass is 9.97. The number of thioether (sulfide) groups is 1. The van der Waals surface area contributed by atoms with E-state index in [9.17, 15) is 10.5 Å². The van der Waals surface area contributed by atoms with E-state index in [1.165, 1.54) is 11.8 Å². The zero-order valence-corrected chi connectivity index (χ0v) is 19.6. The highest BCUT2D eigenvalue weighted by molar-refractivity contribution is 7.98. The molecule has 0 unspecified atom stereocenters. The maximum absolute atomic E-state index is 9.89. The third-order valence-electron chi connectivity index (χ3n) is 4.45. The SMILES string of the molecule is CC.COc1ccc(CSc2nc(N)c(C#N)c(-c3ccc(OCCO)cc3)c2C#N)cc1. The minimum Gasteiger partial charge on any atom is -0.497 e. The van der Waals surface area contributed by atoms with Gasteiger partial charge in [-0.25, -0.2) is 4.98 Å². The van der Waals surface area contributed by atoms with Gasteiger partial charge < -0.3 is 20.3 Å². The minimum atomic E-state index is -0.0887. The summed E-state index contributed by atoms with van der Waals surface area (Å²) in [5, 5.41) is 28.9. The Balaban J connectivity index is 0.00000187. The zero-order valence-electron chi connectivity index (χ0n) is 18.8. The molecule has 0 aliphatic heterocycles. The number of aliphatic hydroxyl groups is 1. The molecule has 0 fully saturated rings. The summed E-state index contributed by atoms with van der Waals surface area (Å²) in [6, 6.07) is 18.8. The number of benzene rings is 2. The molecule has 0 aliphatic carbocycles. The van der Waals surface area contributed by atoms with Crippen molar-refractivity contribution in [3.05, 3.63) is 65.2 Å².